The van der Waals surface area contributed by atoms with Gasteiger partial charge in [0.05, 0.1) is 19.0 Å². The molecule has 0 spiro atoms. The summed E-state index contributed by atoms with van der Waals surface area (Å²) in [6.45, 7) is 6.85. The van der Waals surface area contributed by atoms with Gasteiger partial charge in [0.1, 0.15) is 5.82 Å². The Bertz CT molecular complexity index is 1100. The lowest BCUT2D eigenvalue weighted by molar-refractivity contribution is 0.152. The van der Waals surface area contributed by atoms with E-state index < -0.39 is 23.2 Å². The third-order valence-electron chi connectivity index (χ3n) is 4.89. The largest absolute Gasteiger partial charge is 0.387 e. The van der Waals surface area contributed by atoms with Crippen molar-refractivity contribution >= 4 is 11.2 Å². The number of fused-ring (bicyclic) bond motifs is 1. The zero-order chi connectivity index (χ0) is 21.1. The predicted octanol–water partition coefficient (Wildman–Crippen LogP) is 2.69. The molecule has 1 N–H and O–H groups in total. The van der Waals surface area contributed by atoms with Crippen molar-refractivity contribution in [1.82, 2.24) is 18.7 Å². The number of imidazole rings is 1. The van der Waals surface area contributed by atoms with Gasteiger partial charge < -0.3 is 9.67 Å². The number of aliphatic hydroxyl groups excluding tert-OH is 1. The molecule has 29 heavy (non-hydrogen) atoms. The van der Waals surface area contributed by atoms with Crippen LogP contribution in [0.4, 0.5) is 4.39 Å². The lowest BCUT2D eigenvalue weighted by Crippen LogP contribution is -2.42. The zero-order valence-electron chi connectivity index (χ0n) is 17.0. The minimum atomic E-state index is -1.11. The van der Waals surface area contributed by atoms with Crippen molar-refractivity contribution in [2.75, 3.05) is 0 Å². The molecule has 0 saturated heterocycles. The highest BCUT2D eigenvalue weighted by Gasteiger charge is 2.20. The first-order valence-corrected chi connectivity index (χ1v) is 9.95. The van der Waals surface area contributed by atoms with Gasteiger partial charge in [0, 0.05) is 13.1 Å². The number of rotatable bonds is 8. The zero-order valence-corrected chi connectivity index (χ0v) is 17.0. The lowest BCUT2D eigenvalue weighted by Gasteiger charge is -2.16. The number of benzene rings is 1. The van der Waals surface area contributed by atoms with Crippen LogP contribution in [0.1, 0.15) is 45.3 Å². The second kappa shape index (κ2) is 8.73. The molecule has 3 rings (SSSR count). The van der Waals surface area contributed by atoms with E-state index in [4.69, 9.17) is 0 Å². The van der Waals surface area contributed by atoms with Crippen LogP contribution in [0.2, 0.25) is 0 Å². The third-order valence-corrected chi connectivity index (χ3v) is 4.89. The van der Waals surface area contributed by atoms with Crippen LogP contribution in [0, 0.1) is 11.7 Å². The molecule has 7 nitrogen and oxygen atoms in total. The van der Waals surface area contributed by atoms with Gasteiger partial charge in [-0.25, -0.2) is 14.2 Å². The van der Waals surface area contributed by atoms with Crippen molar-refractivity contribution in [1.29, 1.82) is 0 Å². The Hall–Kier alpha value is -2.74. The first-order chi connectivity index (χ1) is 13.8. The van der Waals surface area contributed by atoms with Gasteiger partial charge in [0.25, 0.3) is 5.56 Å². The summed E-state index contributed by atoms with van der Waals surface area (Å²) in [4.78, 5) is 30.6. The molecule has 8 heteroatoms. The van der Waals surface area contributed by atoms with Crippen LogP contribution in [0.3, 0.4) is 0 Å². The summed E-state index contributed by atoms with van der Waals surface area (Å²) in [5.41, 5.74) is 0.202. The molecule has 0 aliphatic rings. The first-order valence-electron chi connectivity index (χ1n) is 9.95. The Morgan fingerprint density at radius 2 is 1.79 bits per heavy atom. The number of aliphatic hydroxyl groups is 1. The Labute approximate surface area is 168 Å². The number of halogens is 1. The SMILES string of the molecule is CCCCn1cnc2c1c(=O)n(C[C@H](O)c1ccc(F)cc1)c(=O)n2CC(C)C. The van der Waals surface area contributed by atoms with Crippen LogP contribution in [-0.4, -0.2) is 23.8 Å². The van der Waals surface area contributed by atoms with Crippen LogP contribution >= 0.6 is 0 Å². The minimum absolute atomic E-state index is 0.171. The summed E-state index contributed by atoms with van der Waals surface area (Å²) in [5.74, 6) is -0.247. The fraction of sp³-hybridized carbons (Fsp3) is 0.476. The maximum Gasteiger partial charge on any atom is 0.332 e. The van der Waals surface area contributed by atoms with E-state index in [-0.39, 0.29) is 12.5 Å². The van der Waals surface area contributed by atoms with Gasteiger partial charge >= 0.3 is 5.69 Å². The van der Waals surface area contributed by atoms with Gasteiger partial charge in [-0.2, -0.15) is 0 Å². The second-order valence-corrected chi connectivity index (χ2v) is 7.73. The summed E-state index contributed by atoms with van der Waals surface area (Å²) < 4.78 is 17.5. The lowest BCUT2D eigenvalue weighted by atomic mass is 10.1. The van der Waals surface area contributed by atoms with E-state index >= 15 is 0 Å². The number of nitrogens with zero attached hydrogens (tertiary/aromatic N) is 4. The Morgan fingerprint density at radius 3 is 2.41 bits per heavy atom. The summed E-state index contributed by atoms with van der Waals surface area (Å²) in [6.07, 6.45) is 2.33. The average Bonchev–Trinajstić information content (AvgIpc) is 3.11. The van der Waals surface area contributed by atoms with Gasteiger partial charge in [-0.05, 0) is 30.0 Å². The van der Waals surface area contributed by atoms with Crippen molar-refractivity contribution in [2.24, 2.45) is 5.92 Å². The summed E-state index contributed by atoms with van der Waals surface area (Å²) in [7, 11) is 0. The minimum Gasteiger partial charge on any atom is -0.387 e. The molecular formula is C21H27FN4O3. The number of aryl methyl sites for hydroxylation is 1. The quantitative estimate of drug-likeness (QED) is 0.628. The summed E-state index contributed by atoms with van der Waals surface area (Å²) in [6, 6.07) is 5.37. The second-order valence-electron chi connectivity index (χ2n) is 7.73. The van der Waals surface area contributed by atoms with E-state index in [2.05, 4.69) is 11.9 Å². The van der Waals surface area contributed by atoms with Crippen LogP contribution in [-0.2, 0) is 19.6 Å². The van der Waals surface area contributed by atoms with Crippen molar-refractivity contribution < 1.29 is 9.50 Å². The van der Waals surface area contributed by atoms with Crippen molar-refractivity contribution in [3.63, 3.8) is 0 Å². The van der Waals surface area contributed by atoms with E-state index in [9.17, 15) is 19.1 Å². The topological polar surface area (TPSA) is 82.1 Å². The van der Waals surface area contributed by atoms with Crippen LogP contribution in [0.15, 0.2) is 40.2 Å². The van der Waals surface area contributed by atoms with Crippen molar-refractivity contribution in [3.8, 4) is 0 Å². The summed E-state index contributed by atoms with van der Waals surface area (Å²) >= 11 is 0. The predicted molar refractivity (Wildman–Crippen MR) is 109 cm³/mol. The molecule has 1 aromatic carbocycles. The molecule has 2 heterocycles. The van der Waals surface area contributed by atoms with E-state index in [1.807, 2.05) is 13.8 Å². The molecule has 2 aromatic heterocycles. The fourth-order valence-corrected chi connectivity index (χ4v) is 3.39. The number of aromatic nitrogens is 4. The highest BCUT2D eigenvalue weighted by atomic mass is 19.1. The van der Waals surface area contributed by atoms with Crippen molar-refractivity contribution in [3.05, 3.63) is 62.8 Å². The number of unbranched alkanes of at least 4 members (excludes halogenated alkanes) is 1. The molecule has 0 amide bonds. The Kier molecular flexibility index (Phi) is 6.32. The number of hydrogen-bond donors (Lipinski definition) is 1. The van der Waals surface area contributed by atoms with Gasteiger partial charge in [0.2, 0.25) is 0 Å². The molecule has 3 aromatic rings. The van der Waals surface area contributed by atoms with E-state index in [0.29, 0.717) is 29.8 Å². The van der Waals surface area contributed by atoms with E-state index in [1.165, 1.54) is 28.8 Å². The Morgan fingerprint density at radius 1 is 1.10 bits per heavy atom. The maximum atomic E-state index is 13.2. The highest BCUT2D eigenvalue weighted by Crippen LogP contribution is 2.16. The van der Waals surface area contributed by atoms with Crippen LogP contribution in [0.5, 0.6) is 0 Å². The molecule has 156 valence electrons. The van der Waals surface area contributed by atoms with Gasteiger partial charge in [-0.15, -0.1) is 0 Å². The van der Waals surface area contributed by atoms with E-state index in [0.717, 1.165) is 17.4 Å². The van der Waals surface area contributed by atoms with Gasteiger partial charge in [0.15, 0.2) is 11.2 Å². The normalized spacial score (nSPS) is 12.8. The summed E-state index contributed by atoms with van der Waals surface area (Å²) in [5, 5.41) is 10.6. The smallest absolute Gasteiger partial charge is 0.332 e. The molecule has 1 atom stereocenters. The Balaban J connectivity index is 2.13. The maximum absolute atomic E-state index is 13.2. The fourth-order valence-electron chi connectivity index (χ4n) is 3.39. The van der Waals surface area contributed by atoms with E-state index in [1.54, 1.807) is 10.9 Å². The molecule has 0 aliphatic carbocycles. The molecule has 0 bridgehead atoms. The van der Waals surface area contributed by atoms with Crippen LogP contribution < -0.4 is 11.2 Å². The molecular weight excluding hydrogens is 375 g/mol. The number of hydrogen-bond acceptors (Lipinski definition) is 4. The van der Waals surface area contributed by atoms with Crippen molar-refractivity contribution in [2.45, 2.75) is 59.4 Å². The van der Waals surface area contributed by atoms with Gasteiger partial charge in [-0.3, -0.25) is 13.9 Å². The third kappa shape index (κ3) is 4.32. The first kappa shape index (κ1) is 21.0. The standard InChI is InChI=1S/C21H27FN4O3/c1-4-5-10-24-13-23-19-18(24)20(28)26(21(29)25(19)11-14(2)3)12-17(27)15-6-8-16(22)9-7-15/h6-9,13-14,17,27H,4-5,10-12H2,1-3H3/t17-/m0/s1. The molecule has 0 saturated carbocycles. The van der Waals surface area contributed by atoms with Gasteiger partial charge in [-0.1, -0.05) is 39.3 Å². The average molecular weight is 402 g/mol. The molecule has 0 unspecified atom stereocenters. The highest BCUT2D eigenvalue weighted by molar-refractivity contribution is 5.70. The molecule has 0 aliphatic heterocycles. The molecule has 0 fully saturated rings. The monoisotopic (exact) mass is 402 g/mol. The van der Waals surface area contributed by atoms with Crippen LogP contribution in [0.25, 0.3) is 11.2 Å². The molecule has 0 radical (unpaired) electrons.